The number of rotatable bonds is 0. The summed E-state index contributed by atoms with van der Waals surface area (Å²) >= 11 is 3.43. The number of hydrogen-bond acceptors (Lipinski definition) is 1. The van der Waals surface area contributed by atoms with Gasteiger partial charge in [0.05, 0.1) is 0 Å². The SMILES string of the molecule is Brc1ccc2c(c1)C=CC=CN2. The fraction of sp³-hybridized carbons (Fsp3) is 0. The third-order valence-corrected chi connectivity index (χ3v) is 2.23. The van der Waals surface area contributed by atoms with E-state index in [1.54, 1.807) is 0 Å². The topological polar surface area (TPSA) is 12.0 Å². The highest BCUT2D eigenvalue weighted by molar-refractivity contribution is 9.10. The molecule has 0 aromatic heterocycles. The van der Waals surface area contributed by atoms with Crippen molar-refractivity contribution in [3.63, 3.8) is 0 Å². The molecule has 1 aliphatic rings. The van der Waals surface area contributed by atoms with Crippen LogP contribution in [0.3, 0.4) is 0 Å². The van der Waals surface area contributed by atoms with Crippen LogP contribution in [-0.2, 0) is 0 Å². The first-order valence-electron chi connectivity index (χ1n) is 3.75. The van der Waals surface area contributed by atoms with Crippen LogP contribution in [0.2, 0.25) is 0 Å². The molecule has 1 aliphatic heterocycles. The van der Waals surface area contributed by atoms with Crippen LogP contribution in [0.4, 0.5) is 5.69 Å². The van der Waals surface area contributed by atoms with Crippen LogP contribution in [0.25, 0.3) is 6.08 Å². The first-order valence-corrected chi connectivity index (χ1v) is 4.55. The highest BCUT2D eigenvalue weighted by atomic mass is 79.9. The maximum atomic E-state index is 3.43. The van der Waals surface area contributed by atoms with Crippen molar-refractivity contribution in [2.75, 3.05) is 5.32 Å². The summed E-state index contributed by atoms with van der Waals surface area (Å²) in [6.45, 7) is 0. The monoisotopic (exact) mass is 221 g/mol. The lowest BCUT2D eigenvalue weighted by Gasteiger charge is -2.03. The molecular weight excluding hydrogens is 214 g/mol. The van der Waals surface area contributed by atoms with Gasteiger partial charge in [0.2, 0.25) is 0 Å². The fourth-order valence-electron chi connectivity index (χ4n) is 1.16. The van der Waals surface area contributed by atoms with E-state index in [0.29, 0.717) is 0 Å². The predicted molar refractivity (Wildman–Crippen MR) is 55.9 cm³/mol. The van der Waals surface area contributed by atoms with Gasteiger partial charge in [-0.05, 0) is 29.8 Å². The molecule has 0 radical (unpaired) electrons. The van der Waals surface area contributed by atoms with Gasteiger partial charge in [-0.2, -0.15) is 0 Å². The molecule has 1 heterocycles. The van der Waals surface area contributed by atoms with Crippen LogP contribution >= 0.6 is 15.9 Å². The van der Waals surface area contributed by atoms with Gasteiger partial charge in [0.1, 0.15) is 0 Å². The smallest absolute Gasteiger partial charge is 0.0454 e. The van der Waals surface area contributed by atoms with Gasteiger partial charge in [0.25, 0.3) is 0 Å². The zero-order valence-corrected chi connectivity index (χ0v) is 8.01. The minimum atomic E-state index is 1.11. The fourth-order valence-corrected chi connectivity index (χ4v) is 1.53. The van der Waals surface area contributed by atoms with E-state index in [0.717, 1.165) is 10.2 Å². The number of hydrogen-bond donors (Lipinski definition) is 1. The maximum absolute atomic E-state index is 3.43. The van der Waals surface area contributed by atoms with Crippen molar-refractivity contribution in [1.29, 1.82) is 0 Å². The summed E-state index contributed by atoms with van der Waals surface area (Å²) in [4.78, 5) is 0. The van der Waals surface area contributed by atoms with Crippen LogP contribution in [0.5, 0.6) is 0 Å². The second kappa shape index (κ2) is 3.15. The summed E-state index contributed by atoms with van der Waals surface area (Å²) in [5.41, 5.74) is 2.34. The average Bonchev–Trinajstić information content (AvgIpc) is 2.28. The first kappa shape index (κ1) is 7.62. The summed E-state index contributed by atoms with van der Waals surface area (Å²) in [5, 5.41) is 3.19. The van der Waals surface area contributed by atoms with Crippen LogP contribution in [0, 0.1) is 0 Å². The number of fused-ring (bicyclic) bond motifs is 1. The summed E-state index contributed by atoms with van der Waals surface area (Å²) in [7, 11) is 0. The largest absolute Gasteiger partial charge is 0.361 e. The molecule has 0 saturated heterocycles. The Kier molecular flexibility index (Phi) is 2.00. The molecule has 1 aromatic rings. The first-order chi connectivity index (χ1) is 5.86. The van der Waals surface area contributed by atoms with Gasteiger partial charge in [0.15, 0.2) is 0 Å². The van der Waals surface area contributed by atoms with E-state index in [1.165, 1.54) is 5.56 Å². The summed E-state index contributed by atoms with van der Waals surface area (Å²) in [6, 6.07) is 6.17. The maximum Gasteiger partial charge on any atom is 0.0454 e. The van der Waals surface area contributed by atoms with E-state index in [-0.39, 0.29) is 0 Å². The van der Waals surface area contributed by atoms with Crippen molar-refractivity contribution in [3.05, 3.63) is 46.6 Å². The third kappa shape index (κ3) is 1.43. The number of allylic oxidation sites excluding steroid dienone is 2. The van der Waals surface area contributed by atoms with E-state index < -0.39 is 0 Å². The Morgan fingerprint density at radius 3 is 3.00 bits per heavy atom. The van der Waals surface area contributed by atoms with Crippen LogP contribution in [0.15, 0.2) is 41.0 Å². The third-order valence-electron chi connectivity index (χ3n) is 1.74. The Hall–Kier alpha value is -1.02. The van der Waals surface area contributed by atoms with Crippen molar-refractivity contribution in [3.8, 4) is 0 Å². The molecule has 1 nitrogen and oxygen atoms in total. The minimum absolute atomic E-state index is 1.11. The molecule has 0 amide bonds. The normalized spacial score (nSPS) is 13.4. The van der Waals surface area contributed by atoms with Crippen molar-refractivity contribution in [1.82, 2.24) is 0 Å². The molecule has 2 rings (SSSR count). The lowest BCUT2D eigenvalue weighted by molar-refractivity contribution is 1.55. The Bertz CT molecular complexity index is 353. The van der Waals surface area contributed by atoms with Gasteiger partial charge in [0, 0.05) is 16.4 Å². The molecule has 1 aromatic carbocycles. The Morgan fingerprint density at radius 2 is 2.08 bits per heavy atom. The van der Waals surface area contributed by atoms with E-state index >= 15 is 0 Å². The number of nitrogens with one attached hydrogen (secondary N) is 1. The molecule has 0 aliphatic carbocycles. The average molecular weight is 222 g/mol. The van der Waals surface area contributed by atoms with Gasteiger partial charge < -0.3 is 5.32 Å². The predicted octanol–water partition coefficient (Wildman–Crippen LogP) is 3.40. The second-order valence-electron chi connectivity index (χ2n) is 2.59. The molecule has 0 spiro atoms. The minimum Gasteiger partial charge on any atom is -0.361 e. The molecule has 0 fully saturated rings. The quantitative estimate of drug-likeness (QED) is 0.709. The van der Waals surface area contributed by atoms with Crippen LogP contribution in [0.1, 0.15) is 5.56 Å². The van der Waals surface area contributed by atoms with E-state index in [4.69, 9.17) is 0 Å². The van der Waals surface area contributed by atoms with E-state index in [2.05, 4.69) is 39.5 Å². The lowest BCUT2D eigenvalue weighted by Crippen LogP contribution is -1.88. The van der Waals surface area contributed by atoms with Crippen molar-refractivity contribution in [2.24, 2.45) is 0 Å². The molecule has 0 atom stereocenters. The summed E-state index contributed by atoms with van der Waals surface area (Å²) in [6.07, 6.45) is 8.01. The Labute approximate surface area is 79.9 Å². The number of halogens is 1. The zero-order chi connectivity index (χ0) is 8.39. The summed E-state index contributed by atoms with van der Waals surface area (Å²) < 4.78 is 1.11. The molecule has 0 unspecified atom stereocenters. The Morgan fingerprint density at radius 1 is 1.17 bits per heavy atom. The van der Waals surface area contributed by atoms with Crippen LogP contribution in [-0.4, -0.2) is 0 Å². The number of anilines is 1. The van der Waals surface area contributed by atoms with Crippen molar-refractivity contribution < 1.29 is 0 Å². The summed E-state index contributed by atoms with van der Waals surface area (Å²) in [5.74, 6) is 0. The molecule has 1 N–H and O–H groups in total. The van der Waals surface area contributed by atoms with Gasteiger partial charge >= 0.3 is 0 Å². The molecule has 0 saturated carbocycles. The molecule has 12 heavy (non-hydrogen) atoms. The molecular formula is C10H8BrN. The van der Waals surface area contributed by atoms with Crippen molar-refractivity contribution in [2.45, 2.75) is 0 Å². The highest BCUT2D eigenvalue weighted by Gasteiger charge is 1.99. The standard InChI is InChI=1S/C10H8BrN/c11-9-4-5-10-8(7-9)3-1-2-6-12-10/h1-7,12H. The molecule has 0 bridgehead atoms. The van der Waals surface area contributed by atoms with Gasteiger partial charge in [-0.25, -0.2) is 0 Å². The Balaban J connectivity index is 2.53. The van der Waals surface area contributed by atoms with Crippen LogP contribution < -0.4 is 5.32 Å². The molecule has 60 valence electrons. The van der Waals surface area contributed by atoms with Gasteiger partial charge in [-0.3, -0.25) is 0 Å². The number of benzene rings is 1. The van der Waals surface area contributed by atoms with Crippen molar-refractivity contribution >= 4 is 27.7 Å². The van der Waals surface area contributed by atoms with E-state index in [9.17, 15) is 0 Å². The lowest BCUT2D eigenvalue weighted by atomic mass is 10.2. The zero-order valence-electron chi connectivity index (χ0n) is 6.42. The highest BCUT2D eigenvalue weighted by Crippen LogP contribution is 2.23. The van der Waals surface area contributed by atoms with E-state index in [1.807, 2.05) is 24.4 Å². The second-order valence-corrected chi connectivity index (χ2v) is 3.51. The van der Waals surface area contributed by atoms with Gasteiger partial charge in [-0.15, -0.1) is 0 Å². The van der Waals surface area contributed by atoms with Gasteiger partial charge in [-0.1, -0.05) is 28.1 Å². The molecule has 2 heteroatoms.